The number of aryl methyl sites for hydroxylation is 1. The Kier molecular flexibility index (Phi) is 6.42. The standard InChI is InChI=1S/C24H33N5O2S/c1-16-5-3-4-6-21(16)29-23(28-9-11-31-12-10-28)26-27-24(29)32-15-22(30)25-17(2)20-14-18-7-8-19(20)13-18/h3-6,17-20H,7-15H2,1-2H3,(H,25,30). The molecule has 2 bridgehead atoms. The first kappa shape index (κ1) is 21.8. The Balaban J connectivity index is 1.29. The number of nitrogens with zero attached hydrogens (tertiary/aromatic N) is 4. The Morgan fingerprint density at radius 3 is 2.75 bits per heavy atom. The zero-order valence-corrected chi connectivity index (χ0v) is 19.8. The SMILES string of the molecule is Cc1ccccc1-n1c(SCC(=O)NC(C)C2CC3CCC2C3)nnc1N1CCOCC1. The summed E-state index contributed by atoms with van der Waals surface area (Å²) in [5.74, 6) is 3.59. The fourth-order valence-corrected chi connectivity index (χ4v) is 6.54. The second-order valence-electron chi connectivity index (χ2n) is 9.49. The van der Waals surface area contributed by atoms with Crippen LogP contribution in [0.1, 0.15) is 38.2 Å². The van der Waals surface area contributed by atoms with Crippen molar-refractivity contribution in [2.45, 2.75) is 50.7 Å². The summed E-state index contributed by atoms with van der Waals surface area (Å²) < 4.78 is 7.61. The van der Waals surface area contributed by atoms with E-state index in [1.807, 2.05) is 12.1 Å². The van der Waals surface area contributed by atoms with Gasteiger partial charge < -0.3 is 15.0 Å². The molecule has 2 aromatic rings. The molecule has 0 radical (unpaired) electrons. The molecule has 1 N–H and O–H groups in total. The maximum atomic E-state index is 12.8. The van der Waals surface area contributed by atoms with Gasteiger partial charge in [-0.2, -0.15) is 0 Å². The largest absolute Gasteiger partial charge is 0.378 e. The molecule has 32 heavy (non-hydrogen) atoms. The van der Waals surface area contributed by atoms with E-state index in [1.165, 1.54) is 37.4 Å². The van der Waals surface area contributed by atoms with E-state index in [1.54, 1.807) is 0 Å². The Morgan fingerprint density at radius 1 is 1.22 bits per heavy atom. The number of aromatic nitrogens is 3. The lowest BCUT2D eigenvalue weighted by atomic mass is 9.84. The van der Waals surface area contributed by atoms with Gasteiger partial charge in [-0.25, -0.2) is 0 Å². The van der Waals surface area contributed by atoms with E-state index in [0.717, 1.165) is 47.3 Å². The summed E-state index contributed by atoms with van der Waals surface area (Å²) >= 11 is 1.46. The molecular formula is C24H33N5O2S. The van der Waals surface area contributed by atoms with Gasteiger partial charge in [0.05, 0.1) is 24.7 Å². The molecule has 2 saturated carbocycles. The van der Waals surface area contributed by atoms with Crippen molar-refractivity contribution in [3.63, 3.8) is 0 Å². The van der Waals surface area contributed by atoms with Crippen molar-refractivity contribution in [1.29, 1.82) is 0 Å². The molecule has 1 amide bonds. The topological polar surface area (TPSA) is 72.3 Å². The second-order valence-corrected chi connectivity index (χ2v) is 10.4. The maximum Gasteiger partial charge on any atom is 0.232 e. The Labute approximate surface area is 194 Å². The maximum absolute atomic E-state index is 12.8. The predicted octanol–water partition coefficient (Wildman–Crippen LogP) is 3.45. The van der Waals surface area contributed by atoms with Gasteiger partial charge in [0.1, 0.15) is 0 Å². The molecule has 0 spiro atoms. The molecule has 1 aliphatic heterocycles. The number of anilines is 1. The fraction of sp³-hybridized carbons (Fsp3) is 0.625. The van der Waals surface area contributed by atoms with Crippen molar-refractivity contribution < 1.29 is 9.53 Å². The number of ether oxygens (including phenoxy) is 1. The number of para-hydroxylation sites is 1. The van der Waals surface area contributed by atoms with Crippen molar-refractivity contribution in [3.8, 4) is 5.69 Å². The first-order valence-electron chi connectivity index (χ1n) is 11.9. The molecule has 172 valence electrons. The summed E-state index contributed by atoms with van der Waals surface area (Å²) in [5, 5.41) is 13.0. The minimum Gasteiger partial charge on any atom is -0.378 e. The van der Waals surface area contributed by atoms with Crippen molar-refractivity contribution >= 4 is 23.6 Å². The van der Waals surface area contributed by atoms with E-state index in [4.69, 9.17) is 4.74 Å². The van der Waals surface area contributed by atoms with Crippen LogP contribution in [0.2, 0.25) is 0 Å². The highest BCUT2D eigenvalue weighted by atomic mass is 32.2. The molecular weight excluding hydrogens is 422 g/mol. The van der Waals surface area contributed by atoms with Crippen LogP contribution in [0.25, 0.3) is 5.69 Å². The van der Waals surface area contributed by atoms with Gasteiger partial charge in [0.25, 0.3) is 0 Å². The third kappa shape index (κ3) is 4.39. The number of rotatable bonds is 7. The van der Waals surface area contributed by atoms with E-state index >= 15 is 0 Å². The molecule has 4 unspecified atom stereocenters. The number of thioether (sulfide) groups is 1. The summed E-state index contributed by atoms with van der Waals surface area (Å²) in [7, 11) is 0. The van der Waals surface area contributed by atoms with Gasteiger partial charge in [0, 0.05) is 19.1 Å². The highest BCUT2D eigenvalue weighted by Gasteiger charge is 2.42. The number of benzene rings is 1. The number of carbonyl (C=O) groups excluding carboxylic acids is 1. The molecule has 8 heteroatoms. The first-order valence-corrected chi connectivity index (χ1v) is 12.8. The second kappa shape index (κ2) is 9.43. The van der Waals surface area contributed by atoms with E-state index < -0.39 is 0 Å². The lowest BCUT2D eigenvalue weighted by Gasteiger charge is -2.28. The van der Waals surface area contributed by atoms with Gasteiger partial charge in [0.15, 0.2) is 5.16 Å². The Hall–Kier alpha value is -2.06. The zero-order valence-electron chi connectivity index (χ0n) is 19.0. The summed E-state index contributed by atoms with van der Waals surface area (Å²) in [6.07, 6.45) is 5.37. The normalized spacial score (nSPS) is 25.8. The summed E-state index contributed by atoms with van der Waals surface area (Å²) in [6.45, 7) is 7.22. The van der Waals surface area contributed by atoms with Gasteiger partial charge in [-0.05, 0) is 62.5 Å². The average Bonchev–Trinajstić information content (AvgIpc) is 3.54. The van der Waals surface area contributed by atoms with Crippen molar-refractivity contribution in [2.75, 3.05) is 37.0 Å². The van der Waals surface area contributed by atoms with Crippen LogP contribution in [0.5, 0.6) is 0 Å². The monoisotopic (exact) mass is 455 g/mol. The molecule has 1 saturated heterocycles. The predicted molar refractivity (Wildman–Crippen MR) is 126 cm³/mol. The minimum atomic E-state index is 0.0810. The smallest absolute Gasteiger partial charge is 0.232 e. The van der Waals surface area contributed by atoms with Crippen molar-refractivity contribution in [2.24, 2.45) is 17.8 Å². The van der Waals surface area contributed by atoms with Crippen molar-refractivity contribution in [3.05, 3.63) is 29.8 Å². The van der Waals surface area contributed by atoms with Gasteiger partial charge in [-0.3, -0.25) is 9.36 Å². The zero-order chi connectivity index (χ0) is 22.1. The van der Waals surface area contributed by atoms with E-state index in [0.29, 0.717) is 24.9 Å². The van der Waals surface area contributed by atoms with Crippen LogP contribution < -0.4 is 10.2 Å². The quantitative estimate of drug-likeness (QED) is 0.645. The van der Waals surface area contributed by atoms with Crippen LogP contribution in [0.4, 0.5) is 5.95 Å². The molecule has 2 heterocycles. The first-order chi connectivity index (χ1) is 15.6. The lowest BCUT2D eigenvalue weighted by molar-refractivity contribution is -0.119. The molecule has 3 fully saturated rings. The summed E-state index contributed by atoms with van der Waals surface area (Å²) in [4.78, 5) is 15.0. The van der Waals surface area contributed by atoms with Gasteiger partial charge >= 0.3 is 0 Å². The molecule has 1 aromatic carbocycles. The summed E-state index contributed by atoms with van der Waals surface area (Å²) in [6, 6.07) is 8.50. The highest BCUT2D eigenvalue weighted by Crippen LogP contribution is 2.49. The number of fused-ring (bicyclic) bond motifs is 2. The molecule has 3 aliphatic rings. The molecule has 4 atom stereocenters. The number of amides is 1. The lowest BCUT2D eigenvalue weighted by Crippen LogP contribution is -2.41. The molecule has 5 rings (SSSR count). The molecule has 1 aromatic heterocycles. The number of nitrogens with one attached hydrogen (secondary N) is 1. The summed E-state index contributed by atoms with van der Waals surface area (Å²) in [5.41, 5.74) is 2.20. The van der Waals surface area contributed by atoms with Crippen LogP contribution >= 0.6 is 11.8 Å². The van der Waals surface area contributed by atoms with Crippen LogP contribution in [-0.4, -0.2) is 58.8 Å². The molecule has 7 nitrogen and oxygen atoms in total. The van der Waals surface area contributed by atoms with Crippen LogP contribution in [0.3, 0.4) is 0 Å². The average molecular weight is 456 g/mol. The van der Waals surface area contributed by atoms with Crippen LogP contribution in [-0.2, 0) is 9.53 Å². The van der Waals surface area contributed by atoms with Gasteiger partial charge in [-0.15, -0.1) is 10.2 Å². The Morgan fingerprint density at radius 2 is 2.03 bits per heavy atom. The van der Waals surface area contributed by atoms with Crippen LogP contribution in [0, 0.1) is 24.7 Å². The third-order valence-electron chi connectivity index (χ3n) is 7.42. The van der Waals surface area contributed by atoms with Gasteiger partial charge in [0.2, 0.25) is 11.9 Å². The number of morpholine rings is 1. The Bertz CT molecular complexity index is 958. The van der Waals surface area contributed by atoms with Crippen LogP contribution in [0.15, 0.2) is 29.4 Å². The minimum absolute atomic E-state index is 0.0810. The van der Waals surface area contributed by atoms with E-state index in [9.17, 15) is 4.79 Å². The number of hydrogen-bond donors (Lipinski definition) is 1. The van der Waals surface area contributed by atoms with E-state index in [2.05, 4.69) is 51.0 Å². The van der Waals surface area contributed by atoms with Crippen molar-refractivity contribution in [1.82, 2.24) is 20.1 Å². The number of carbonyl (C=O) groups is 1. The fourth-order valence-electron chi connectivity index (χ4n) is 5.79. The third-order valence-corrected chi connectivity index (χ3v) is 8.35. The molecule has 2 aliphatic carbocycles. The van der Waals surface area contributed by atoms with E-state index in [-0.39, 0.29) is 11.9 Å². The number of hydrogen-bond acceptors (Lipinski definition) is 6. The van der Waals surface area contributed by atoms with Gasteiger partial charge in [-0.1, -0.05) is 36.4 Å². The highest BCUT2D eigenvalue weighted by molar-refractivity contribution is 7.99.